The van der Waals surface area contributed by atoms with Gasteiger partial charge in [-0.2, -0.15) is 0 Å². The lowest BCUT2D eigenvalue weighted by molar-refractivity contribution is -0.139. The Morgan fingerprint density at radius 3 is 2.57 bits per heavy atom. The van der Waals surface area contributed by atoms with Crippen LogP contribution in [0.15, 0.2) is 24.3 Å². The van der Waals surface area contributed by atoms with Crippen molar-refractivity contribution < 1.29 is 19.8 Å². The van der Waals surface area contributed by atoms with Crippen LogP contribution in [-0.4, -0.2) is 34.8 Å². The molecule has 116 valence electrons. The maximum atomic E-state index is 12.2. The van der Waals surface area contributed by atoms with E-state index in [0.29, 0.717) is 18.7 Å². The van der Waals surface area contributed by atoms with Gasteiger partial charge in [-0.3, -0.25) is 4.90 Å². The van der Waals surface area contributed by atoms with E-state index in [9.17, 15) is 14.7 Å². The van der Waals surface area contributed by atoms with E-state index in [-0.39, 0.29) is 5.75 Å². The number of hydrogen-bond donors (Lipinski definition) is 3. The summed E-state index contributed by atoms with van der Waals surface area (Å²) in [5.41, 5.74) is 0.523. The van der Waals surface area contributed by atoms with Gasteiger partial charge in [-0.15, -0.1) is 0 Å². The number of carboxylic acids is 1. The molecule has 0 saturated heterocycles. The van der Waals surface area contributed by atoms with Crippen molar-refractivity contribution in [2.45, 2.75) is 39.2 Å². The van der Waals surface area contributed by atoms with Gasteiger partial charge in [0.2, 0.25) is 0 Å². The SMILES string of the molecule is CCCC[C@H](NC(=O)N(CC)c1cccc(O)c1)C(=O)O. The van der Waals surface area contributed by atoms with E-state index < -0.39 is 18.0 Å². The van der Waals surface area contributed by atoms with Crippen LogP contribution in [0.4, 0.5) is 10.5 Å². The molecule has 0 spiro atoms. The van der Waals surface area contributed by atoms with E-state index in [1.165, 1.54) is 17.0 Å². The van der Waals surface area contributed by atoms with Gasteiger partial charge >= 0.3 is 12.0 Å². The molecular weight excluding hydrogens is 272 g/mol. The Bertz CT molecular complexity index is 490. The predicted molar refractivity (Wildman–Crippen MR) is 80.6 cm³/mol. The fraction of sp³-hybridized carbons (Fsp3) is 0.467. The number of urea groups is 1. The van der Waals surface area contributed by atoms with Crippen molar-refractivity contribution >= 4 is 17.7 Å². The molecule has 0 aromatic heterocycles. The summed E-state index contributed by atoms with van der Waals surface area (Å²) in [7, 11) is 0. The average Bonchev–Trinajstić information content (AvgIpc) is 2.44. The summed E-state index contributed by atoms with van der Waals surface area (Å²) in [6, 6.07) is 4.91. The number of nitrogens with zero attached hydrogens (tertiary/aromatic N) is 1. The highest BCUT2D eigenvalue weighted by atomic mass is 16.4. The van der Waals surface area contributed by atoms with Crippen molar-refractivity contribution in [3.05, 3.63) is 24.3 Å². The molecule has 0 saturated carbocycles. The lowest BCUT2D eigenvalue weighted by Gasteiger charge is -2.24. The second kappa shape index (κ2) is 8.14. The molecule has 0 radical (unpaired) electrons. The van der Waals surface area contributed by atoms with Gasteiger partial charge in [0.1, 0.15) is 11.8 Å². The van der Waals surface area contributed by atoms with Crippen molar-refractivity contribution in [2.75, 3.05) is 11.4 Å². The highest BCUT2D eigenvalue weighted by Gasteiger charge is 2.22. The minimum atomic E-state index is -1.04. The molecule has 0 fully saturated rings. The molecule has 0 unspecified atom stereocenters. The number of phenolic OH excluding ortho intramolecular Hbond substituents is 1. The first kappa shape index (κ1) is 16.8. The van der Waals surface area contributed by atoms with Crippen LogP contribution in [0.3, 0.4) is 0 Å². The highest BCUT2D eigenvalue weighted by molar-refractivity contribution is 5.94. The zero-order chi connectivity index (χ0) is 15.8. The fourth-order valence-corrected chi connectivity index (χ4v) is 2.00. The highest BCUT2D eigenvalue weighted by Crippen LogP contribution is 2.20. The van der Waals surface area contributed by atoms with E-state index in [2.05, 4.69) is 5.32 Å². The fourth-order valence-electron chi connectivity index (χ4n) is 2.00. The largest absolute Gasteiger partial charge is 0.508 e. The van der Waals surface area contributed by atoms with Crippen molar-refractivity contribution in [3.8, 4) is 5.75 Å². The smallest absolute Gasteiger partial charge is 0.326 e. The molecular formula is C15H22N2O4. The molecule has 6 heteroatoms. The number of rotatable bonds is 7. The predicted octanol–water partition coefficient (Wildman–Crippen LogP) is 2.57. The molecule has 2 amide bonds. The summed E-state index contributed by atoms with van der Waals surface area (Å²) >= 11 is 0. The number of aromatic hydroxyl groups is 1. The second-order valence-electron chi connectivity index (χ2n) is 4.75. The summed E-state index contributed by atoms with van der Waals surface area (Å²) in [5.74, 6) is -0.983. The van der Waals surface area contributed by atoms with Gasteiger partial charge in [0.05, 0.1) is 0 Å². The maximum Gasteiger partial charge on any atom is 0.326 e. The number of unbranched alkanes of at least 4 members (excludes halogenated alkanes) is 1. The molecule has 0 aliphatic carbocycles. The number of phenols is 1. The summed E-state index contributed by atoms with van der Waals surface area (Å²) in [5, 5.41) is 21.1. The van der Waals surface area contributed by atoms with Gasteiger partial charge in [-0.25, -0.2) is 9.59 Å². The van der Waals surface area contributed by atoms with Gasteiger partial charge in [0, 0.05) is 18.3 Å². The zero-order valence-corrected chi connectivity index (χ0v) is 12.4. The van der Waals surface area contributed by atoms with E-state index in [1.807, 2.05) is 6.92 Å². The molecule has 21 heavy (non-hydrogen) atoms. The molecule has 1 aromatic carbocycles. The van der Waals surface area contributed by atoms with Crippen molar-refractivity contribution in [2.24, 2.45) is 0 Å². The molecule has 0 aliphatic heterocycles. The van der Waals surface area contributed by atoms with Crippen molar-refractivity contribution in [3.63, 3.8) is 0 Å². The lowest BCUT2D eigenvalue weighted by Crippen LogP contribution is -2.48. The third kappa shape index (κ3) is 4.98. The topological polar surface area (TPSA) is 89.9 Å². The number of aliphatic carboxylic acids is 1. The first-order valence-corrected chi connectivity index (χ1v) is 7.09. The van der Waals surface area contributed by atoms with Crippen LogP contribution in [0.25, 0.3) is 0 Å². The van der Waals surface area contributed by atoms with Crippen LogP contribution in [-0.2, 0) is 4.79 Å². The van der Waals surface area contributed by atoms with E-state index in [0.717, 1.165) is 12.8 Å². The number of hydrogen-bond acceptors (Lipinski definition) is 3. The number of benzene rings is 1. The van der Waals surface area contributed by atoms with E-state index in [4.69, 9.17) is 5.11 Å². The zero-order valence-electron chi connectivity index (χ0n) is 12.4. The molecule has 6 nitrogen and oxygen atoms in total. The van der Waals surface area contributed by atoms with E-state index >= 15 is 0 Å². The number of anilines is 1. The quantitative estimate of drug-likeness (QED) is 0.721. The minimum absolute atomic E-state index is 0.0551. The summed E-state index contributed by atoms with van der Waals surface area (Å²) in [6.07, 6.45) is 1.99. The summed E-state index contributed by atoms with van der Waals surface area (Å²) in [4.78, 5) is 24.8. The van der Waals surface area contributed by atoms with Gasteiger partial charge in [0.15, 0.2) is 0 Å². The number of carbonyl (C=O) groups is 2. The number of nitrogens with one attached hydrogen (secondary N) is 1. The van der Waals surface area contributed by atoms with Gasteiger partial charge in [-0.05, 0) is 25.5 Å². The van der Waals surface area contributed by atoms with Gasteiger partial charge < -0.3 is 15.5 Å². The third-order valence-electron chi connectivity index (χ3n) is 3.14. The monoisotopic (exact) mass is 294 g/mol. The standard InChI is InChI=1S/C15H22N2O4/c1-3-5-9-13(14(19)20)16-15(21)17(4-2)11-7-6-8-12(18)10-11/h6-8,10,13,18H,3-5,9H2,1-2H3,(H,16,21)(H,19,20)/t13-/m0/s1. The van der Waals surface area contributed by atoms with Crippen molar-refractivity contribution in [1.29, 1.82) is 0 Å². The molecule has 0 bridgehead atoms. The van der Waals surface area contributed by atoms with Crippen LogP contribution < -0.4 is 10.2 Å². The van der Waals surface area contributed by atoms with Crippen LogP contribution in [0.2, 0.25) is 0 Å². The molecule has 1 atom stereocenters. The maximum absolute atomic E-state index is 12.2. The minimum Gasteiger partial charge on any atom is -0.508 e. The Hall–Kier alpha value is -2.24. The van der Waals surface area contributed by atoms with E-state index in [1.54, 1.807) is 19.1 Å². The summed E-state index contributed by atoms with van der Waals surface area (Å²) in [6.45, 7) is 4.12. The van der Waals surface area contributed by atoms with Crippen LogP contribution in [0.5, 0.6) is 5.75 Å². The average molecular weight is 294 g/mol. The Morgan fingerprint density at radius 1 is 1.33 bits per heavy atom. The summed E-state index contributed by atoms with van der Waals surface area (Å²) < 4.78 is 0. The second-order valence-corrected chi connectivity index (χ2v) is 4.75. The molecule has 3 N–H and O–H groups in total. The first-order valence-electron chi connectivity index (χ1n) is 7.09. The number of carboxylic acid groups (broad SMARTS) is 1. The van der Waals surface area contributed by atoms with Crippen LogP contribution in [0.1, 0.15) is 33.1 Å². The number of amides is 2. The third-order valence-corrected chi connectivity index (χ3v) is 3.14. The van der Waals surface area contributed by atoms with Crippen LogP contribution >= 0.6 is 0 Å². The Balaban J connectivity index is 2.80. The Labute approximate surface area is 124 Å². The van der Waals surface area contributed by atoms with Gasteiger partial charge in [0.25, 0.3) is 0 Å². The lowest BCUT2D eigenvalue weighted by atomic mass is 10.1. The van der Waals surface area contributed by atoms with Crippen LogP contribution in [0, 0.1) is 0 Å². The van der Waals surface area contributed by atoms with Crippen molar-refractivity contribution in [1.82, 2.24) is 5.32 Å². The molecule has 1 aromatic rings. The Kier molecular flexibility index (Phi) is 6.52. The van der Waals surface area contributed by atoms with Gasteiger partial charge in [-0.1, -0.05) is 25.8 Å². The molecule has 0 aliphatic rings. The molecule has 0 heterocycles. The normalized spacial score (nSPS) is 11.7. The first-order chi connectivity index (χ1) is 9.99. The molecule has 1 rings (SSSR count). The Morgan fingerprint density at radius 2 is 2.05 bits per heavy atom. The number of carbonyl (C=O) groups excluding carboxylic acids is 1.